The van der Waals surface area contributed by atoms with Gasteiger partial charge in [0.15, 0.2) is 0 Å². The summed E-state index contributed by atoms with van der Waals surface area (Å²) in [5.74, 6) is -0.440. The van der Waals surface area contributed by atoms with Crippen molar-refractivity contribution < 1.29 is 28.7 Å². The number of hydrogen-bond acceptors (Lipinski definition) is 8. The lowest BCUT2D eigenvalue weighted by Crippen LogP contribution is -2.38. The number of anilines is 4. The molecule has 0 saturated heterocycles. The van der Waals surface area contributed by atoms with Crippen molar-refractivity contribution in [2.24, 2.45) is 26.9 Å². The third kappa shape index (κ3) is 8.02. The Bertz CT molecular complexity index is 2440. The quantitative estimate of drug-likeness (QED) is 0.0829. The summed E-state index contributed by atoms with van der Waals surface area (Å²) in [5.41, 5.74) is 10.1. The Morgan fingerprint density at radius 1 is 0.862 bits per heavy atom. The van der Waals surface area contributed by atoms with E-state index >= 15 is 0 Å². The Hall–Kier alpha value is -6.13. The number of aromatic nitrogens is 3. The van der Waals surface area contributed by atoms with E-state index < -0.39 is 29.0 Å². The Labute approximate surface area is 344 Å². The number of aryl methyl sites for hydroxylation is 3. The number of rotatable bonds is 14. The highest BCUT2D eigenvalue weighted by Gasteiger charge is 2.48. The molecule has 2 aliphatic heterocycles. The van der Waals surface area contributed by atoms with Crippen LogP contribution in [0.25, 0.3) is 0 Å². The Balaban J connectivity index is 1.03. The van der Waals surface area contributed by atoms with Gasteiger partial charge in [0.2, 0.25) is 11.8 Å². The molecule has 302 valence electrons. The number of benzene rings is 2. The lowest BCUT2D eigenvalue weighted by Gasteiger charge is -2.27. The highest BCUT2D eigenvalue weighted by atomic mass is 35.5. The van der Waals surface area contributed by atoms with Crippen LogP contribution in [-0.2, 0) is 42.8 Å². The Kier molecular flexibility index (Phi) is 11.3. The van der Waals surface area contributed by atoms with E-state index in [4.69, 9.17) is 22.1 Å². The van der Waals surface area contributed by atoms with Crippen LogP contribution in [0.3, 0.4) is 0 Å². The minimum absolute atomic E-state index is 0.00543. The highest BCUT2D eigenvalue weighted by Crippen LogP contribution is 2.55. The minimum atomic E-state index is -0.925. The predicted molar refractivity (Wildman–Crippen MR) is 224 cm³/mol. The van der Waals surface area contributed by atoms with E-state index in [1.165, 1.54) is 12.1 Å². The number of carbonyl (C=O) groups excluding carboxylic acids is 5. The molecule has 2 aromatic carbocycles. The molecule has 17 heteroatoms. The maximum atomic E-state index is 14.3. The summed E-state index contributed by atoms with van der Waals surface area (Å²) in [6.07, 6.45) is 4.88. The van der Waals surface area contributed by atoms with Crippen LogP contribution >= 0.6 is 23.4 Å². The fourth-order valence-electron chi connectivity index (χ4n) is 7.32. The van der Waals surface area contributed by atoms with Gasteiger partial charge in [0.25, 0.3) is 17.7 Å². The average Bonchev–Trinajstić information content (AvgIpc) is 4.01. The summed E-state index contributed by atoms with van der Waals surface area (Å²) < 4.78 is 11.1. The van der Waals surface area contributed by atoms with Gasteiger partial charge in [-0.15, -0.1) is 23.4 Å². The molecule has 2 aliphatic rings. The summed E-state index contributed by atoms with van der Waals surface area (Å²) in [5, 5.41) is 14.8. The zero-order valence-corrected chi connectivity index (χ0v) is 34.0. The maximum absolute atomic E-state index is 14.3. The number of halogens is 1. The van der Waals surface area contributed by atoms with E-state index in [0.717, 1.165) is 33.0 Å². The van der Waals surface area contributed by atoms with Crippen LogP contribution < -0.4 is 37.1 Å². The van der Waals surface area contributed by atoms with E-state index in [9.17, 15) is 24.0 Å². The van der Waals surface area contributed by atoms with Crippen molar-refractivity contribution in [3.05, 3.63) is 107 Å². The first kappa shape index (κ1) is 40.1. The molecule has 58 heavy (non-hydrogen) atoms. The van der Waals surface area contributed by atoms with E-state index in [1.807, 2.05) is 43.3 Å². The molecule has 0 bridgehead atoms. The summed E-state index contributed by atoms with van der Waals surface area (Å²) in [6, 6.07) is 16.6. The zero-order chi connectivity index (χ0) is 41.3. The lowest BCUT2D eigenvalue weighted by molar-refractivity contribution is -0.120. The molecule has 0 spiro atoms. The summed E-state index contributed by atoms with van der Waals surface area (Å²) in [6.45, 7) is 3.08. The second-order valence-electron chi connectivity index (χ2n) is 14.7. The molecule has 5 heterocycles. The van der Waals surface area contributed by atoms with Crippen LogP contribution in [0.4, 0.5) is 22.7 Å². The predicted octanol–water partition coefficient (Wildman–Crippen LogP) is 5.14. The summed E-state index contributed by atoms with van der Waals surface area (Å²) in [7, 11) is 5.03. The molecule has 7 rings (SSSR count). The standard InChI is InChI=1S/C41H44ClN9O6S/c1-41(22-58-36-32(57-21-23-8-6-5-7-9-23)15-28-34(35(36)41)24(16-42)17-45-28)40(56)48-27-14-31(51(4)20-27)39(55)47-26-13-30(50(3)19-26)38(54)46-25-12-29(49(2)18-25)37(53)44-11-10-33(43)52/h5-9,12-15,18-20,24,45H,10-11,16-17,21-22H2,1-4H3,(H2,43,52)(H,44,53)(H,46,54)(H,47,55)(H,48,56)/t24-,41?/m0/s1. The van der Waals surface area contributed by atoms with Crippen molar-refractivity contribution in [3.63, 3.8) is 0 Å². The number of carbonyl (C=O) groups is 5. The molecule has 2 atom stereocenters. The number of nitrogens with two attached hydrogens (primary N) is 1. The van der Waals surface area contributed by atoms with Crippen molar-refractivity contribution >= 4 is 75.6 Å². The highest BCUT2D eigenvalue weighted by molar-refractivity contribution is 7.99. The number of nitrogens with one attached hydrogen (secondary N) is 5. The Morgan fingerprint density at radius 2 is 1.43 bits per heavy atom. The number of primary amides is 1. The number of thioether (sulfide) groups is 1. The van der Waals surface area contributed by atoms with Crippen molar-refractivity contribution in [1.29, 1.82) is 0 Å². The molecule has 7 N–H and O–H groups in total. The number of ether oxygens (including phenoxy) is 1. The van der Waals surface area contributed by atoms with E-state index in [2.05, 4.69) is 26.6 Å². The number of fused-ring (bicyclic) bond motifs is 3. The second kappa shape index (κ2) is 16.4. The summed E-state index contributed by atoms with van der Waals surface area (Å²) in [4.78, 5) is 65.6. The average molecular weight is 826 g/mol. The first-order valence-electron chi connectivity index (χ1n) is 18.6. The van der Waals surface area contributed by atoms with Gasteiger partial charge in [-0.25, -0.2) is 0 Å². The second-order valence-corrected chi connectivity index (χ2v) is 16.0. The molecule has 5 aromatic rings. The van der Waals surface area contributed by atoms with Crippen molar-refractivity contribution in [3.8, 4) is 5.75 Å². The zero-order valence-electron chi connectivity index (χ0n) is 32.4. The molecular formula is C41H44ClN9O6S. The molecule has 5 amide bonds. The maximum Gasteiger partial charge on any atom is 0.272 e. The molecule has 0 fully saturated rings. The van der Waals surface area contributed by atoms with E-state index in [1.54, 1.807) is 71.3 Å². The lowest BCUT2D eigenvalue weighted by atomic mass is 9.78. The van der Waals surface area contributed by atoms with Gasteiger partial charge in [-0.2, -0.15) is 0 Å². The van der Waals surface area contributed by atoms with Crippen molar-refractivity contribution in [2.75, 3.05) is 46.0 Å². The number of alkyl halides is 1. The van der Waals surface area contributed by atoms with Crippen LogP contribution in [0, 0.1) is 0 Å². The molecule has 0 radical (unpaired) electrons. The van der Waals surface area contributed by atoms with Gasteiger partial charge in [-0.05, 0) is 41.8 Å². The van der Waals surface area contributed by atoms with E-state index in [0.29, 0.717) is 41.8 Å². The van der Waals surface area contributed by atoms with Crippen LogP contribution in [0.1, 0.15) is 67.4 Å². The van der Waals surface area contributed by atoms with Gasteiger partial charge in [0.05, 0.1) is 27.4 Å². The van der Waals surface area contributed by atoms with Gasteiger partial charge in [0, 0.05) is 88.5 Å². The van der Waals surface area contributed by atoms with Crippen molar-refractivity contribution in [2.45, 2.75) is 36.2 Å². The molecule has 15 nitrogen and oxygen atoms in total. The summed E-state index contributed by atoms with van der Waals surface area (Å²) >= 11 is 8.05. The fraction of sp³-hybridized carbons (Fsp3) is 0.293. The van der Waals surface area contributed by atoms with Gasteiger partial charge < -0.3 is 50.8 Å². The third-order valence-electron chi connectivity index (χ3n) is 10.4. The monoisotopic (exact) mass is 825 g/mol. The third-order valence-corrected chi connectivity index (χ3v) is 12.1. The molecular weight excluding hydrogens is 782 g/mol. The first-order valence-corrected chi connectivity index (χ1v) is 20.1. The number of amides is 5. The largest absolute Gasteiger partial charge is 0.488 e. The SMILES string of the molecule is Cn1cc(NC(=O)c2cc(NC(=O)c3cc(NC(=O)C4(C)CSc5c(OCc6ccccc6)cc6c(c54)[C@@H](CCl)CN6)cn3C)cn2C)cc1C(=O)NCCC(N)=O. The Morgan fingerprint density at radius 3 is 2.00 bits per heavy atom. The molecule has 0 saturated carbocycles. The first-order chi connectivity index (χ1) is 27.7. The number of hydrogen-bond donors (Lipinski definition) is 6. The van der Waals surface area contributed by atoms with Gasteiger partial charge in [-0.1, -0.05) is 30.3 Å². The number of nitrogens with zero attached hydrogens (tertiary/aromatic N) is 3. The van der Waals surface area contributed by atoms with E-state index in [-0.39, 0.29) is 41.9 Å². The minimum Gasteiger partial charge on any atom is -0.488 e. The van der Waals surface area contributed by atoms with Crippen LogP contribution in [0.5, 0.6) is 5.75 Å². The van der Waals surface area contributed by atoms with Gasteiger partial charge in [-0.3, -0.25) is 24.0 Å². The topological polar surface area (TPSA) is 196 Å². The fourth-order valence-corrected chi connectivity index (χ4v) is 9.03. The van der Waals surface area contributed by atoms with Crippen molar-refractivity contribution in [1.82, 2.24) is 19.0 Å². The smallest absolute Gasteiger partial charge is 0.272 e. The molecule has 3 aromatic heterocycles. The van der Waals surface area contributed by atoms with Gasteiger partial charge >= 0.3 is 0 Å². The van der Waals surface area contributed by atoms with Crippen LogP contribution in [0.15, 0.2) is 78.1 Å². The molecule has 0 aliphatic carbocycles. The normalized spacial score (nSPS) is 16.5. The molecule has 1 unspecified atom stereocenters. The van der Waals surface area contributed by atoms with Gasteiger partial charge in [0.1, 0.15) is 29.4 Å². The van der Waals surface area contributed by atoms with Crippen LogP contribution in [-0.4, -0.2) is 68.0 Å². The van der Waals surface area contributed by atoms with Crippen LogP contribution in [0.2, 0.25) is 0 Å².